The Bertz CT molecular complexity index is 1550. The number of methoxy groups -OCH3 is 1. The van der Waals surface area contributed by atoms with Crippen LogP contribution in [0.2, 0.25) is 0 Å². The lowest BCUT2D eigenvalue weighted by Gasteiger charge is -2.29. The average molecular weight is 607 g/mol. The molecule has 1 atom stereocenters. The van der Waals surface area contributed by atoms with Crippen LogP contribution in [0.3, 0.4) is 0 Å². The van der Waals surface area contributed by atoms with E-state index in [9.17, 15) is 14.4 Å². The van der Waals surface area contributed by atoms with Crippen molar-refractivity contribution in [3.8, 4) is 5.75 Å². The van der Waals surface area contributed by atoms with E-state index in [1.807, 2.05) is 105 Å². The summed E-state index contributed by atoms with van der Waals surface area (Å²) in [7, 11) is 1.35. The third-order valence-electron chi connectivity index (χ3n) is 7.37. The zero-order valence-electron chi connectivity index (χ0n) is 26.5. The lowest BCUT2D eigenvalue weighted by atomic mass is 9.94. The molecule has 1 N–H and O–H groups in total. The molecule has 7 nitrogen and oxygen atoms in total. The van der Waals surface area contributed by atoms with Gasteiger partial charge >= 0.3 is 5.97 Å². The number of benzene rings is 4. The number of para-hydroxylation sites is 1. The van der Waals surface area contributed by atoms with Crippen LogP contribution in [0.4, 0.5) is 5.69 Å². The van der Waals surface area contributed by atoms with E-state index in [1.54, 1.807) is 30.3 Å². The van der Waals surface area contributed by atoms with Crippen molar-refractivity contribution in [1.82, 2.24) is 4.90 Å². The monoisotopic (exact) mass is 606 g/mol. The Morgan fingerprint density at radius 2 is 1.40 bits per heavy atom. The standard InChI is InChI=1S/C38H42N2O5/c1-38(2,3)37(43)40(27-29-14-7-5-8-15-29)24-13-25-45-31-22-20-28(21-23-31)26-34(36(42)44-4)39-33-19-12-11-18-32(33)35(41)30-16-9-6-10-17-30/h5-12,14-23,34,39H,13,24-27H2,1-4H3. The summed E-state index contributed by atoms with van der Waals surface area (Å²) >= 11 is 0. The average Bonchev–Trinajstić information content (AvgIpc) is 3.06. The highest BCUT2D eigenvalue weighted by Gasteiger charge is 2.27. The Labute approximate surface area is 266 Å². The van der Waals surface area contributed by atoms with Crippen LogP contribution in [0.1, 0.15) is 54.2 Å². The number of nitrogens with one attached hydrogen (secondary N) is 1. The molecule has 1 unspecified atom stereocenters. The lowest BCUT2D eigenvalue weighted by molar-refractivity contribution is -0.141. The predicted octanol–water partition coefficient (Wildman–Crippen LogP) is 6.96. The molecule has 4 aromatic rings. The summed E-state index contributed by atoms with van der Waals surface area (Å²) in [6.45, 7) is 7.43. The topological polar surface area (TPSA) is 84.9 Å². The molecule has 0 aliphatic heterocycles. The zero-order chi connectivity index (χ0) is 32.2. The highest BCUT2D eigenvalue weighted by atomic mass is 16.5. The first kappa shape index (κ1) is 33.0. The number of nitrogens with zero attached hydrogens (tertiary/aromatic N) is 1. The van der Waals surface area contributed by atoms with Crippen LogP contribution < -0.4 is 10.1 Å². The normalized spacial score (nSPS) is 11.7. The summed E-state index contributed by atoms with van der Waals surface area (Å²) in [5.41, 5.74) is 3.14. The molecule has 7 heteroatoms. The largest absolute Gasteiger partial charge is 0.494 e. The fourth-order valence-corrected chi connectivity index (χ4v) is 5.01. The van der Waals surface area contributed by atoms with Crippen molar-refractivity contribution in [1.29, 1.82) is 0 Å². The van der Waals surface area contributed by atoms with E-state index in [0.29, 0.717) is 55.1 Å². The number of ketones is 1. The van der Waals surface area contributed by atoms with Crippen LogP contribution in [0.5, 0.6) is 5.75 Å². The van der Waals surface area contributed by atoms with Gasteiger partial charge < -0.3 is 19.7 Å². The summed E-state index contributed by atoms with van der Waals surface area (Å²) in [6, 6.07) is 33.1. The first-order valence-electron chi connectivity index (χ1n) is 15.2. The van der Waals surface area contributed by atoms with Crippen LogP contribution in [-0.4, -0.2) is 48.9 Å². The van der Waals surface area contributed by atoms with Crippen molar-refractivity contribution in [2.45, 2.75) is 46.2 Å². The molecule has 1 amide bonds. The Balaban J connectivity index is 1.35. The summed E-state index contributed by atoms with van der Waals surface area (Å²) in [6.07, 6.45) is 1.04. The van der Waals surface area contributed by atoms with E-state index < -0.39 is 17.4 Å². The Hall–Kier alpha value is -4.91. The highest BCUT2D eigenvalue weighted by Crippen LogP contribution is 2.23. The smallest absolute Gasteiger partial charge is 0.328 e. The number of hydrogen-bond donors (Lipinski definition) is 1. The molecule has 45 heavy (non-hydrogen) atoms. The van der Waals surface area contributed by atoms with Gasteiger partial charge in [0.15, 0.2) is 5.78 Å². The Morgan fingerprint density at radius 1 is 0.778 bits per heavy atom. The van der Waals surface area contributed by atoms with Crippen molar-refractivity contribution < 1.29 is 23.9 Å². The van der Waals surface area contributed by atoms with E-state index in [-0.39, 0.29) is 11.7 Å². The molecule has 0 aromatic heterocycles. The molecule has 0 saturated heterocycles. The Morgan fingerprint density at radius 3 is 2.04 bits per heavy atom. The van der Waals surface area contributed by atoms with Gasteiger partial charge in [-0.1, -0.05) is 106 Å². The van der Waals surface area contributed by atoms with Gasteiger partial charge in [-0.05, 0) is 41.8 Å². The number of carbonyl (C=O) groups is 3. The molecule has 0 saturated carbocycles. The van der Waals surface area contributed by atoms with Gasteiger partial charge in [-0.25, -0.2) is 4.79 Å². The van der Waals surface area contributed by atoms with Crippen molar-refractivity contribution in [3.05, 3.63) is 131 Å². The van der Waals surface area contributed by atoms with Crippen LogP contribution in [0.15, 0.2) is 109 Å². The second-order valence-corrected chi connectivity index (χ2v) is 12.0. The SMILES string of the molecule is COC(=O)C(Cc1ccc(OCCCN(Cc2ccccc2)C(=O)C(C)(C)C)cc1)Nc1ccccc1C(=O)c1ccccc1. The number of esters is 1. The van der Waals surface area contributed by atoms with E-state index in [1.165, 1.54) is 7.11 Å². The Kier molecular flexibility index (Phi) is 11.5. The molecule has 0 fully saturated rings. The minimum atomic E-state index is -0.706. The van der Waals surface area contributed by atoms with Crippen LogP contribution >= 0.6 is 0 Å². The summed E-state index contributed by atoms with van der Waals surface area (Å²) in [4.78, 5) is 41.0. The second kappa shape index (κ2) is 15.7. The molecule has 4 rings (SSSR count). The molecule has 0 aliphatic rings. The maximum Gasteiger partial charge on any atom is 0.328 e. The van der Waals surface area contributed by atoms with Crippen molar-refractivity contribution in [2.24, 2.45) is 5.41 Å². The van der Waals surface area contributed by atoms with Gasteiger partial charge in [-0.3, -0.25) is 9.59 Å². The molecule has 234 valence electrons. The molecule has 0 heterocycles. The quantitative estimate of drug-likeness (QED) is 0.0949. The first-order chi connectivity index (χ1) is 21.7. The van der Waals surface area contributed by atoms with Gasteiger partial charge in [0, 0.05) is 41.7 Å². The van der Waals surface area contributed by atoms with Crippen molar-refractivity contribution in [3.63, 3.8) is 0 Å². The summed E-state index contributed by atoms with van der Waals surface area (Å²) < 4.78 is 11.1. The van der Waals surface area contributed by atoms with Gasteiger partial charge in [0.05, 0.1) is 13.7 Å². The lowest BCUT2D eigenvalue weighted by Crippen LogP contribution is -2.40. The van der Waals surface area contributed by atoms with Crippen LogP contribution in [-0.2, 0) is 27.3 Å². The molecular weight excluding hydrogens is 564 g/mol. The van der Waals surface area contributed by atoms with Crippen LogP contribution in [0.25, 0.3) is 0 Å². The highest BCUT2D eigenvalue weighted by molar-refractivity contribution is 6.12. The maximum absolute atomic E-state index is 13.2. The number of anilines is 1. The van der Waals surface area contributed by atoms with Gasteiger partial charge in [0.25, 0.3) is 0 Å². The molecular formula is C38H42N2O5. The summed E-state index contributed by atoms with van der Waals surface area (Å²) in [5, 5.41) is 3.24. The second-order valence-electron chi connectivity index (χ2n) is 12.0. The number of carbonyl (C=O) groups excluding carboxylic acids is 3. The van der Waals surface area contributed by atoms with Gasteiger partial charge in [0.2, 0.25) is 5.91 Å². The maximum atomic E-state index is 13.2. The number of hydrogen-bond acceptors (Lipinski definition) is 6. The first-order valence-corrected chi connectivity index (χ1v) is 15.2. The molecule has 0 aliphatic carbocycles. The number of ether oxygens (including phenoxy) is 2. The molecule has 0 radical (unpaired) electrons. The van der Waals surface area contributed by atoms with E-state index >= 15 is 0 Å². The minimum Gasteiger partial charge on any atom is -0.494 e. The number of amides is 1. The number of rotatable bonds is 14. The van der Waals surface area contributed by atoms with Crippen LogP contribution in [0, 0.1) is 5.41 Å². The molecule has 4 aromatic carbocycles. The van der Waals surface area contributed by atoms with Gasteiger partial charge in [-0.15, -0.1) is 0 Å². The third kappa shape index (κ3) is 9.54. The third-order valence-corrected chi connectivity index (χ3v) is 7.37. The van der Waals surface area contributed by atoms with Gasteiger partial charge in [0.1, 0.15) is 11.8 Å². The van der Waals surface area contributed by atoms with Crippen molar-refractivity contribution >= 4 is 23.3 Å². The van der Waals surface area contributed by atoms with Crippen molar-refractivity contribution in [2.75, 3.05) is 25.6 Å². The van der Waals surface area contributed by atoms with E-state index in [2.05, 4.69) is 5.32 Å². The molecule has 0 bridgehead atoms. The van der Waals surface area contributed by atoms with E-state index in [4.69, 9.17) is 9.47 Å². The van der Waals surface area contributed by atoms with E-state index in [0.717, 1.165) is 11.1 Å². The summed E-state index contributed by atoms with van der Waals surface area (Å²) in [5.74, 6) is 0.255. The minimum absolute atomic E-state index is 0.108. The zero-order valence-corrected chi connectivity index (χ0v) is 26.5. The fourth-order valence-electron chi connectivity index (χ4n) is 5.01. The molecule has 0 spiro atoms. The predicted molar refractivity (Wildman–Crippen MR) is 177 cm³/mol. The fraction of sp³-hybridized carbons (Fsp3) is 0.289. The van der Waals surface area contributed by atoms with Gasteiger partial charge in [-0.2, -0.15) is 0 Å².